The van der Waals surface area contributed by atoms with E-state index in [1.165, 1.54) is 0 Å². The van der Waals surface area contributed by atoms with Gasteiger partial charge in [-0.1, -0.05) is 6.92 Å². The van der Waals surface area contributed by atoms with E-state index in [1.807, 2.05) is 6.92 Å². The summed E-state index contributed by atoms with van der Waals surface area (Å²) in [5, 5.41) is 2.69. The molecule has 1 atom stereocenters. The van der Waals surface area contributed by atoms with Crippen LogP contribution in [0.2, 0.25) is 0 Å². The molecule has 1 N–H and O–H groups in total. The molecule has 0 spiro atoms. The molecule has 1 fully saturated rings. The molecule has 1 saturated heterocycles. The third-order valence-electron chi connectivity index (χ3n) is 2.12. The van der Waals surface area contributed by atoms with Crippen molar-refractivity contribution in [2.24, 2.45) is 5.92 Å². The number of halogens is 2. The van der Waals surface area contributed by atoms with Crippen molar-refractivity contribution >= 4 is 0 Å². The fraction of sp³-hybridized carbons (Fsp3) is 1.00. The zero-order valence-corrected chi connectivity index (χ0v) is 6.16. The van der Waals surface area contributed by atoms with Crippen molar-refractivity contribution in [3.8, 4) is 0 Å². The first-order valence-electron chi connectivity index (χ1n) is 3.75. The summed E-state index contributed by atoms with van der Waals surface area (Å²) in [6.45, 7) is 2.43. The van der Waals surface area contributed by atoms with Crippen molar-refractivity contribution in [3.63, 3.8) is 0 Å². The SMILES string of the molecule is CCC1CCNCC1(F)F. The number of piperidine rings is 1. The Kier molecular flexibility index (Phi) is 2.24. The molecular weight excluding hydrogens is 136 g/mol. The minimum absolute atomic E-state index is 0.133. The van der Waals surface area contributed by atoms with Gasteiger partial charge in [0.2, 0.25) is 0 Å². The van der Waals surface area contributed by atoms with E-state index in [0.717, 1.165) is 6.54 Å². The summed E-state index contributed by atoms with van der Waals surface area (Å²) in [6, 6.07) is 0. The first-order valence-corrected chi connectivity index (χ1v) is 3.75. The zero-order valence-electron chi connectivity index (χ0n) is 6.16. The molecule has 0 aromatic carbocycles. The average Bonchev–Trinajstić information content (AvgIpc) is 1.87. The molecule has 0 aliphatic carbocycles. The van der Waals surface area contributed by atoms with Gasteiger partial charge in [0.25, 0.3) is 5.92 Å². The van der Waals surface area contributed by atoms with Crippen LogP contribution >= 0.6 is 0 Å². The Bertz CT molecular complexity index is 114. The third-order valence-corrected chi connectivity index (χ3v) is 2.12. The molecule has 3 heteroatoms. The predicted octanol–water partition coefficient (Wildman–Crippen LogP) is 1.64. The molecular formula is C7H13F2N. The van der Waals surface area contributed by atoms with Crippen molar-refractivity contribution in [1.29, 1.82) is 0 Å². The summed E-state index contributed by atoms with van der Waals surface area (Å²) in [5.41, 5.74) is 0. The summed E-state index contributed by atoms with van der Waals surface area (Å²) in [7, 11) is 0. The largest absolute Gasteiger partial charge is 0.311 e. The Morgan fingerprint density at radius 3 is 2.70 bits per heavy atom. The van der Waals surface area contributed by atoms with Gasteiger partial charge in [0.15, 0.2) is 0 Å². The van der Waals surface area contributed by atoms with Gasteiger partial charge in [-0.15, -0.1) is 0 Å². The summed E-state index contributed by atoms with van der Waals surface area (Å²) >= 11 is 0. The summed E-state index contributed by atoms with van der Waals surface area (Å²) in [5.74, 6) is -2.86. The molecule has 0 bridgehead atoms. The van der Waals surface area contributed by atoms with Gasteiger partial charge in [0, 0.05) is 5.92 Å². The average molecular weight is 149 g/mol. The fourth-order valence-electron chi connectivity index (χ4n) is 1.39. The van der Waals surface area contributed by atoms with Crippen LogP contribution in [0, 0.1) is 5.92 Å². The number of hydrogen-bond donors (Lipinski definition) is 1. The summed E-state index contributed by atoms with van der Waals surface area (Å²) < 4.78 is 25.6. The second-order valence-electron chi connectivity index (χ2n) is 2.83. The second-order valence-corrected chi connectivity index (χ2v) is 2.83. The number of nitrogens with one attached hydrogen (secondary N) is 1. The predicted molar refractivity (Wildman–Crippen MR) is 36.2 cm³/mol. The maximum absolute atomic E-state index is 12.8. The number of rotatable bonds is 1. The standard InChI is InChI=1S/C7H13F2N/c1-2-6-3-4-10-5-7(6,8)9/h6,10H,2-5H2,1H3. The van der Waals surface area contributed by atoms with E-state index in [2.05, 4.69) is 5.32 Å². The van der Waals surface area contributed by atoms with Gasteiger partial charge in [0.1, 0.15) is 0 Å². The fourth-order valence-corrected chi connectivity index (χ4v) is 1.39. The van der Waals surface area contributed by atoms with Gasteiger partial charge in [-0.2, -0.15) is 0 Å². The van der Waals surface area contributed by atoms with Gasteiger partial charge < -0.3 is 5.32 Å². The zero-order chi connectivity index (χ0) is 7.61. The van der Waals surface area contributed by atoms with E-state index in [1.54, 1.807) is 0 Å². The van der Waals surface area contributed by atoms with Gasteiger partial charge in [-0.3, -0.25) is 0 Å². The van der Waals surface area contributed by atoms with Crippen LogP contribution in [-0.2, 0) is 0 Å². The molecule has 1 unspecified atom stereocenters. The normalized spacial score (nSPS) is 32.1. The molecule has 0 amide bonds. The maximum Gasteiger partial charge on any atom is 0.263 e. The van der Waals surface area contributed by atoms with Crippen molar-refractivity contribution in [2.45, 2.75) is 25.7 Å². The first-order chi connectivity index (χ1) is 4.67. The molecule has 1 heterocycles. The van der Waals surface area contributed by atoms with E-state index < -0.39 is 11.8 Å². The van der Waals surface area contributed by atoms with E-state index in [9.17, 15) is 8.78 Å². The Morgan fingerprint density at radius 2 is 2.30 bits per heavy atom. The highest BCUT2D eigenvalue weighted by molar-refractivity contribution is 4.83. The van der Waals surface area contributed by atoms with Crippen molar-refractivity contribution in [3.05, 3.63) is 0 Å². The summed E-state index contributed by atoms with van der Waals surface area (Å²) in [6.07, 6.45) is 1.21. The Labute approximate surface area is 59.8 Å². The second kappa shape index (κ2) is 2.82. The minimum atomic E-state index is -2.47. The smallest absolute Gasteiger partial charge is 0.263 e. The van der Waals surface area contributed by atoms with E-state index in [4.69, 9.17) is 0 Å². The molecule has 0 radical (unpaired) electrons. The first kappa shape index (κ1) is 7.92. The monoisotopic (exact) mass is 149 g/mol. The highest BCUT2D eigenvalue weighted by atomic mass is 19.3. The van der Waals surface area contributed by atoms with Crippen LogP contribution in [0.1, 0.15) is 19.8 Å². The van der Waals surface area contributed by atoms with Crippen LogP contribution in [0.5, 0.6) is 0 Å². The lowest BCUT2D eigenvalue weighted by atomic mass is 9.92. The number of hydrogen-bond acceptors (Lipinski definition) is 1. The highest BCUT2D eigenvalue weighted by Crippen LogP contribution is 2.31. The van der Waals surface area contributed by atoms with E-state index in [-0.39, 0.29) is 6.54 Å². The number of alkyl halides is 2. The molecule has 1 aliphatic heterocycles. The van der Waals surface area contributed by atoms with Gasteiger partial charge in [0.05, 0.1) is 6.54 Å². The van der Waals surface area contributed by atoms with Crippen LogP contribution in [0.25, 0.3) is 0 Å². The molecule has 0 aromatic rings. The highest BCUT2D eigenvalue weighted by Gasteiger charge is 2.39. The van der Waals surface area contributed by atoms with Crippen LogP contribution in [0.4, 0.5) is 8.78 Å². The lowest BCUT2D eigenvalue weighted by molar-refractivity contribution is -0.0741. The molecule has 0 aromatic heterocycles. The van der Waals surface area contributed by atoms with Crippen LogP contribution in [0.15, 0.2) is 0 Å². The molecule has 60 valence electrons. The quantitative estimate of drug-likeness (QED) is 0.597. The molecule has 0 saturated carbocycles. The van der Waals surface area contributed by atoms with Crippen LogP contribution in [-0.4, -0.2) is 19.0 Å². The van der Waals surface area contributed by atoms with Crippen molar-refractivity contribution < 1.29 is 8.78 Å². The Balaban J connectivity index is 2.51. The molecule has 1 rings (SSSR count). The summed E-state index contributed by atoms with van der Waals surface area (Å²) in [4.78, 5) is 0. The lowest BCUT2D eigenvalue weighted by Crippen LogP contribution is -2.45. The Morgan fingerprint density at radius 1 is 1.60 bits per heavy atom. The molecule has 1 aliphatic rings. The minimum Gasteiger partial charge on any atom is -0.311 e. The Hall–Kier alpha value is -0.180. The van der Waals surface area contributed by atoms with Gasteiger partial charge >= 0.3 is 0 Å². The van der Waals surface area contributed by atoms with Crippen LogP contribution in [0.3, 0.4) is 0 Å². The maximum atomic E-state index is 12.8. The lowest BCUT2D eigenvalue weighted by Gasteiger charge is -2.30. The van der Waals surface area contributed by atoms with E-state index in [0.29, 0.717) is 12.8 Å². The van der Waals surface area contributed by atoms with E-state index >= 15 is 0 Å². The molecule has 10 heavy (non-hydrogen) atoms. The third kappa shape index (κ3) is 1.45. The van der Waals surface area contributed by atoms with Crippen molar-refractivity contribution in [1.82, 2.24) is 5.32 Å². The van der Waals surface area contributed by atoms with Gasteiger partial charge in [-0.05, 0) is 19.4 Å². The molecule has 1 nitrogen and oxygen atoms in total. The van der Waals surface area contributed by atoms with Crippen molar-refractivity contribution in [2.75, 3.05) is 13.1 Å². The van der Waals surface area contributed by atoms with Crippen LogP contribution < -0.4 is 5.32 Å². The van der Waals surface area contributed by atoms with Gasteiger partial charge in [-0.25, -0.2) is 8.78 Å². The topological polar surface area (TPSA) is 12.0 Å².